The third-order valence-corrected chi connectivity index (χ3v) is 7.20. The van der Waals surface area contributed by atoms with Crippen LogP contribution in [0.1, 0.15) is 12.5 Å². The Balaban J connectivity index is 1.80. The van der Waals surface area contributed by atoms with Gasteiger partial charge in [0, 0.05) is 24.8 Å². The molecule has 3 aromatic rings. The molecule has 0 spiro atoms. The number of halogens is 1. The van der Waals surface area contributed by atoms with Crippen LogP contribution in [0.3, 0.4) is 0 Å². The van der Waals surface area contributed by atoms with Gasteiger partial charge >= 0.3 is 0 Å². The fourth-order valence-electron chi connectivity index (χ4n) is 3.34. The van der Waals surface area contributed by atoms with Crippen molar-refractivity contribution in [3.63, 3.8) is 0 Å². The van der Waals surface area contributed by atoms with E-state index in [4.69, 9.17) is 16.3 Å². The number of hydrogen-bond acceptors (Lipinski definition) is 5. The van der Waals surface area contributed by atoms with E-state index in [0.717, 1.165) is 9.87 Å². The SMILES string of the molecule is COc1ccc(S(=O)(=O)N(CCc2ccccc2)CC(=O)Nc2ccc(NC(C)=O)cc2)cc1Cl. The number of anilines is 2. The average molecular weight is 516 g/mol. The van der Waals surface area contributed by atoms with Crippen molar-refractivity contribution in [3.8, 4) is 5.75 Å². The molecule has 0 atom stereocenters. The normalized spacial score (nSPS) is 11.2. The number of nitrogens with zero attached hydrogens (tertiary/aromatic N) is 1. The molecule has 3 aromatic carbocycles. The Morgan fingerprint density at radius 3 is 2.14 bits per heavy atom. The Morgan fingerprint density at radius 1 is 0.943 bits per heavy atom. The van der Waals surface area contributed by atoms with Gasteiger partial charge in [-0.15, -0.1) is 0 Å². The molecule has 0 bridgehead atoms. The third kappa shape index (κ3) is 7.29. The number of methoxy groups -OCH3 is 1. The molecule has 2 amide bonds. The van der Waals surface area contributed by atoms with Gasteiger partial charge in [-0.3, -0.25) is 9.59 Å². The molecule has 0 unspecified atom stereocenters. The van der Waals surface area contributed by atoms with E-state index in [1.54, 1.807) is 24.3 Å². The van der Waals surface area contributed by atoms with E-state index in [9.17, 15) is 18.0 Å². The zero-order valence-electron chi connectivity index (χ0n) is 19.3. The monoisotopic (exact) mass is 515 g/mol. The van der Waals surface area contributed by atoms with Gasteiger partial charge in [0.1, 0.15) is 5.75 Å². The summed E-state index contributed by atoms with van der Waals surface area (Å²) in [4.78, 5) is 23.9. The van der Waals surface area contributed by atoms with Gasteiger partial charge in [-0.1, -0.05) is 41.9 Å². The predicted molar refractivity (Wildman–Crippen MR) is 136 cm³/mol. The van der Waals surface area contributed by atoms with Crippen LogP contribution in [-0.4, -0.2) is 44.7 Å². The second-order valence-corrected chi connectivity index (χ2v) is 10.0. The van der Waals surface area contributed by atoms with Crippen molar-refractivity contribution in [1.82, 2.24) is 4.31 Å². The summed E-state index contributed by atoms with van der Waals surface area (Å²) in [6.45, 7) is 1.09. The summed E-state index contributed by atoms with van der Waals surface area (Å²) >= 11 is 6.16. The standard InChI is InChI=1S/C25H26ClN3O5S/c1-18(30)27-20-8-10-21(11-9-20)28-25(31)17-29(15-14-19-6-4-3-5-7-19)35(32,33)22-12-13-24(34-2)23(26)16-22/h3-13,16H,14-15,17H2,1-2H3,(H,27,30)(H,28,31). The zero-order chi connectivity index (χ0) is 25.4. The summed E-state index contributed by atoms with van der Waals surface area (Å²) in [7, 11) is -2.60. The van der Waals surface area contributed by atoms with Crippen LogP contribution in [0, 0.1) is 0 Å². The summed E-state index contributed by atoms with van der Waals surface area (Å²) in [5.74, 6) is -0.366. The molecule has 0 fully saturated rings. The molecule has 0 radical (unpaired) electrons. The number of carbonyl (C=O) groups excluding carboxylic acids is 2. The molecule has 35 heavy (non-hydrogen) atoms. The molecule has 10 heteroatoms. The van der Waals surface area contributed by atoms with Gasteiger partial charge in [0.2, 0.25) is 21.8 Å². The highest BCUT2D eigenvalue weighted by Gasteiger charge is 2.27. The van der Waals surface area contributed by atoms with E-state index in [1.807, 2.05) is 30.3 Å². The Kier molecular flexibility index (Phi) is 8.86. The molecule has 0 saturated carbocycles. The van der Waals surface area contributed by atoms with Crippen molar-refractivity contribution in [2.24, 2.45) is 0 Å². The molecule has 3 rings (SSSR count). The summed E-state index contributed by atoms with van der Waals surface area (Å²) in [5.41, 5.74) is 1.99. The highest BCUT2D eigenvalue weighted by Crippen LogP contribution is 2.28. The first kappa shape index (κ1) is 26.2. The second-order valence-electron chi connectivity index (χ2n) is 7.68. The fourth-order valence-corrected chi connectivity index (χ4v) is 5.09. The van der Waals surface area contributed by atoms with Gasteiger partial charge in [0.05, 0.1) is 23.6 Å². The first-order valence-corrected chi connectivity index (χ1v) is 12.6. The summed E-state index contributed by atoms with van der Waals surface area (Å²) in [6, 6.07) is 20.1. The smallest absolute Gasteiger partial charge is 0.243 e. The minimum atomic E-state index is -4.04. The number of hydrogen-bond donors (Lipinski definition) is 2. The lowest BCUT2D eigenvalue weighted by atomic mass is 10.1. The minimum Gasteiger partial charge on any atom is -0.495 e. The summed E-state index contributed by atoms with van der Waals surface area (Å²) in [5, 5.41) is 5.50. The predicted octanol–water partition coefficient (Wildman–Crippen LogP) is 4.18. The van der Waals surface area contributed by atoms with Gasteiger partial charge in [-0.05, 0) is 54.4 Å². The maximum Gasteiger partial charge on any atom is 0.243 e. The van der Waals surface area contributed by atoms with Gasteiger partial charge < -0.3 is 15.4 Å². The van der Waals surface area contributed by atoms with Crippen molar-refractivity contribution in [2.75, 3.05) is 30.8 Å². The minimum absolute atomic E-state index is 0.0381. The first-order valence-electron chi connectivity index (χ1n) is 10.7. The lowest BCUT2D eigenvalue weighted by molar-refractivity contribution is -0.116. The van der Waals surface area contributed by atoms with Crippen LogP contribution in [0.25, 0.3) is 0 Å². The first-order chi connectivity index (χ1) is 16.7. The lowest BCUT2D eigenvalue weighted by Gasteiger charge is -2.22. The molecular formula is C25H26ClN3O5S. The van der Waals surface area contributed by atoms with Crippen LogP contribution < -0.4 is 15.4 Å². The highest BCUT2D eigenvalue weighted by molar-refractivity contribution is 7.89. The van der Waals surface area contributed by atoms with Crippen LogP contribution in [0.4, 0.5) is 11.4 Å². The summed E-state index contributed by atoms with van der Waals surface area (Å²) < 4.78 is 33.1. The molecule has 8 nitrogen and oxygen atoms in total. The molecule has 0 heterocycles. The topological polar surface area (TPSA) is 105 Å². The molecule has 0 aliphatic rings. The largest absolute Gasteiger partial charge is 0.495 e. The number of sulfonamides is 1. The van der Waals surface area contributed by atoms with E-state index in [1.165, 1.54) is 32.2 Å². The Morgan fingerprint density at radius 2 is 1.57 bits per heavy atom. The number of ether oxygens (including phenoxy) is 1. The van der Waals surface area contributed by atoms with E-state index in [2.05, 4.69) is 10.6 Å². The lowest BCUT2D eigenvalue weighted by Crippen LogP contribution is -2.39. The van der Waals surface area contributed by atoms with Crippen LogP contribution in [0.2, 0.25) is 5.02 Å². The van der Waals surface area contributed by atoms with Crippen LogP contribution in [0.5, 0.6) is 5.75 Å². The van der Waals surface area contributed by atoms with Crippen LogP contribution in [-0.2, 0) is 26.0 Å². The molecular weight excluding hydrogens is 490 g/mol. The van der Waals surface area contributed by atoms with Crippen LogP contribution >= 0.6 is 11.6 Å². The quantitative estimate of drug-likeness (QED) is 0.421. The number of benzene rings is 3. The van der Waals surface area contributed by atoms with Gasteiger partial charge in [0.15, 0.2) is 0 Å². The van der Waals surface area contributed by atoms with E-state index >= 15 is 0 Å². The molecule has 0 aliphatic carbocycles. The van der Waals surface area contributed by atoms with Gasteiger partial charge in [-0.2, -0.15) is 4.31 Å². The Hall–Kier alpha value is -3.40. The maximum atomic E-state index is 13.4. The number of rotatable bonds is 10. The second kappa shape index (κ2) is 11.8. The average Bonchev–Trinajstić information content (AvgIpc) is 2.83. The molecule has 184 valence electrons. The molecule has 0 aliphatic heterocycles. The molecule has 0 aromatic heterocycles. The van der Waals surface area contributed by atoms with E-state index in [-0.39, 0.29) is 22.4 Å². The molecule has 0 saturated heterocycles. The van der Waals surface area contributed by atoms with Crippen LogP contribution in [0.15, 0.2) is 77.7 Å². The fraction of sp³-hybridized carbons (Fsp3) is 0.200. The van der Waals surface area contributed by atoms with Gasteiger partial charge in [0.25, 0.3) is 0 Å². The Bertz CT molecular complexity index is 1280. The maximum absolute atomic E-state index is 13.4. The zero-order valence-corrected chi connectivity index (χ0v) is 20.9. The number of amides is 2. The molecule has 2 N–H and O–H groups in total. The van der Waals surface area contributed by atoms with Crippen molar-refractivity contribution in [2.45, 2.75) is 18.2 Å². The van der Waals surface area contributed by atoms with Gasteiger partial charge in [-0.25, -0.2) is 8.42 Å². The number of nitrogens with one attached hydrogen (secondary N) is 2. The van der Waals surface area contributed by atoms with Crippen molar-refractivity contribution in [1.29, 1.82) is 0 Å². The van der Waals surface area contributed by atoms with Crippen molar-refractivity contribution in [3.05, 3.63) is 83.4 Å². The Labute approximate surface area is 209 Å². The van der Waals surface area contributed by atoms with Crippen molar-refractivity contribution >= 4 is 44.8 Å². The van der Waals surface area contributed by atoms with E-state index < -0.39 is 22.5 Å². The van der Waals surface area contributed by atoms with E-state index in [0.29, 0.717) is 23.5 Å². The third-order valence-electron chi connectivity index (χ3n) is 5.06. The van der Waals surface area contributed by atoms with Crippen molar-refractivity contribution < 1.29 is 22.7 Å². The highest BCUT2D eigenvalue weighted by atomic mass is 35.5. The summed E-state index contributed by atoms with van der Waals surface area (Å²) in [6.07, 6.45) is 0.419. The number of carbonyl (C=O) groups is 2.